The maximum absolute atomic E-state index is 12.7. The molecule has 0 rings (SSSR count). The molecule has 1 amide bonds. The highest BCUT2D eigenvalue weighted by atomic mass is 16.3. The van der Waals surface area contributed by atoms with Gasteiger partial charge in [0.25, 0.3) is 0 Å². The summed E-state index contributed by atoms with van der Waals surface area (Å²) in [6.07, 6.45) is 75.1. The first-order valence-corrected chi connectivity index (χ1v) is 33.9. The summed E-state index contributed by atoms with van der Waals surface area (Å²) in [5.41, 5.74) is 0. The molecule has 0 aromatic rings. The molecule has 0 aromatic carbocycles. The topological polar surface area (TPSA) is 110 Å². The van der Waals surface area contributed by atoms with Gasteiger partial charge < -0.3 is 25.7 Å². The Kier molecular flexibility index (Phi) is 61.6. The lowest BCUT2D eigenvalue weighted by atomic mass is 9.99. The van der Waals surface area contributed by atoms with E-state index >= 15 is 0 Å². The van der Waals surface area contributed by atoms with Crippen LogP contribution in [0, 0.1) is 0 Å². The van der Waals surface area contributed by atoms with Gasteiger partial charge in [-0.25, -0.2) is 0 Å². The minimum atomic E-state index is -1.26. The van der Waals surface area contributed by atoms with Gasteiger partial charge in [0.2, 0.25) is 5.91 Å². The van der Waals surface area contributed by atoms with Crippen molar-refractivity contribution in [1.29, 1.82) is 0 Å². The van der Waals surface area contributed by atoms with Crippen molar-refractivity contribution in [3.63, 3.8) is 0 Å². The van der Waals surface area contributed by atoms with Crippen molar-refractivity contribution >= 4 is 5.91 Å². The Morgan fingerprint density at radius 1 is 0.288 bits per heavy atom. The van der Waals surface area contributed by atoms with Crippen molar-refractivity contribution < 1.29 is 25.2 Å². The van der Waals surface area contributed by atoms with E-state index in [0.717, 1.165) is 38.5 Å². The maximum atomic E-state index is 12.7. The first-order valence-electron chi connectivity index (χ1n) is 33.9. The van der Waals surface area contributed by atoms with Crippen molar-refractivity contribution in [2.45, 2.75) is 417 Å². The Morgan fingerprint density at radius 2 is 0.466 bits per heavy atom. The molecule has 0 aliphatic heterocycles. The van der Waals surface area contributed by atoms with Gasteiger partial charge in [0.1, 0.15) is 12.2 Å². The highest BCUT2D eigenvalue weighted by molar-refractivity contribution is 5.80. The fourth-order valence-corrected chi connectivity index (χ4v) is 11.3. The van der Waals surface area contributed by atoms with Crippen LogP contribution in [0.4, 0.5) is 0 Å². The van der Waals surface area contributed by atoms with E-state index in [1.54, 1.807) is 0 Å². The predicted molar refractivity (Wildman–Crippen MR) is 321 cm³/mol. The average Bonchev–Trinajstić information content (AvgIpc) is 3.40. The number of amides is 1. The lowest BCUT2D eigenvalue weighted by Crippen LogP contribution is -2.53. The molecule has 6 heteroatoms. The van der Waals surface area contributed by atoms with Crippen LogP contribution in [0.2, 0.25) is 0 Å². The molecule has 0 aliphatic carbocycles. The number of hydrogen-bond acceptors (Lipinski definition) is 5. The van der Waals surface area contributed by atoms with Crippen molar-refractivity contribution in [2.24, 2.45) is 0 Å². The Bertz CT molecular complexity index is 1030. The molecule has 0 aromatic heterocycles. The predicted octanol–water partition coefficient (Wildman–Crippen LogP) is 20.6. The second-order valence-electron chi connectivity index (χ2n) is 23.9. The molecule has 4 atom stereocenters. The normalized spacial score (nSPS) is 13.5. The lowest BCUT2D eigenvalue weighted by Gasteiger charge is -2.27. The van der Waals surface area contributed by atoms with E-state index in [-0.39, 0.29) is 0 Å². The molecule has 0 radical (unpaired) electrons. The van der Waals surface area contributed by atoms with E-state index in [4.69, 9.17) is 0 Å². The summed E-state index contributed by atoms with van der Waals surface area (Å²) in [6, 6.07) is -0.982. The smallest absolute Gasteiger partial charge is 0.249 e. The molecular formula is C67H135NO5. The molecule has 0 spiro atoms. The van der Waals surface area contributed by atoms with Crippen molar-refractivity contribution in [2.75, 3.05) is 6.61 Å². The van der Waals surface area contributed by atoms with Gasteiger partial charge >= 0.3 is 0 Å². The molecule has 0 bridgehead atoms. The van der Waals surface area contributed by atoms with E-state index < -0.39 is 36.9 Å². The number of aliphatic hydroxyl groups is 4. The second-order valence-corrected chi connectivity index (χ2v) is 23.9. The minimum Gasteiger partial charge on any atom is -0.394 e. The number of hydrogen-bond donors (Lipinski definition) is 5. The zero-order chi connectivity index (χ0) is 53.0. The second kappa shape index (κ2) is 62.2. The van der Waals surface area contributed by atoms with Crippen LogP contribution in [0.3, 0.4) is 0 Å². The van der Waals surface area contributed by atoms with Crippen molar-refractivity contribution in [3.8, 4) is 0 Å². The molecule has 5 N–H and O–H groups in total. The SMILES string of the molecule is CCCCCCCCCCCCCCCCCCCCCCCCCCCCCCCCCCC(O)C(=O)NC(CO)C(O)C(O)CCCCCCCCCCCCCCCCCCCCCCCCCCC. The van der Waals surface area contributed by atoms with Gasteiger partial charge in [0.05, 0.1) is 18.8 Å². The van der Waals surface area contributed by atoms with Gasteiger partial charge in [0, 0.05) is 0 Å². The third kappa shape index (κ3) is 55.9. The maximum Gasteiger partial charge on any atom is 0.249 e. The lowest BCUT2D eigenvalue weighted by molar-refractivity contribution is -0.132. The summed E-state index contributed by atoms with van der Waals surface area (Å²) in [5.74, 6) is -0.573. The standard InChI is InChI=1S/C67H135NO5/c1-3-5-7-9-11-13-15-17-19-21-23-25-27-29-30-31-32-33-34-35-37-39-41-43-45-47-49-51-53-55-57-59-61-65(71)67(73)68-63(62-69)66(72)64(70)60-58-56-54-52-50-48-46-44-42-40-38-36-28-26-24-22-20-18-16-14-12-10-8-6-4-2/h63-66,69-72H,3-62H2,1-2H3,(H,68,73). The quantitative estimate of drug-likeness (QED) is 0.0390. The van der Waals surface area contributed by atoms with E-state index in [9.17, 15) is 25.2 Å². The van der Waals surface area contributed by atoms with E-state index in [1.165, 1.54) is 327 Å². The van der Waals surface area contributed by atoms with E-state index in [1.807, 2.05) is 0 Å². The van der Waals surface area contributed by atoms with Crippen LogP contribution in [-0.4, -0.2) is 57.3 Å². The summed E-state index contributed by atoms with van der Waals surface area (Å²) in [5, 5.41) is 44.2. The molecule has 0 saturated carbocycles. The average molecular weight is 1030 g/mol. The first-order chi connectivity index (χ1) is 36.0. The van der Waals surface area contributed by atoms with Crippen molar-refractivity contribution in [3.05, 3.63) is 0 Å². The van der Waals surface area contributed by atoms with Gasteiger partial charge in [-0.3, -0.25) is 4.79 Å². The summed E-state index contributed by atoms with van der Waals surface area (Å²) < 4.78 is 0. The highest BCUT2D eigenvalue weighted by Crippen LogP contribution is 2.20. The fourth-order valence-electron chi connectivity index (χ4n) is 11.3. The summed E-state index contributed by atoms with van der Waals surface area (Å²) in [7, 11) is 0. The number of unbranched alkanes of at least 4 members (excludes halogenated alkanes) is 55. The summed E-state index contributed by atoms with van der Waals surface area (Å²) in [4.78, 5) is 12.7. The molecule has 0 saturated heterocycles. The van der Waals surface area contributed by atoms with Crippen LogP contribution in [0.15, 0.2) is 0 Å². The first kappa shape index (κ1) is 72.3. The zero-order valence-corrected chi connectivity index (χ0v) is 49.9. The number of aliphatic hydroxyl groups excluding tert-OH is 4. The number of carbonyl (C=O) groups excluding carboxylic acids is 1. The molecular weight excluding hydrogens is 899 g/mol. The molecule has 73 heavy (non-hydrogen) atoms. The Labute approximate surface area is 458 Å². The molecule has 4 unspecified atom stereocenters. The molecule has 0 heterocycles. The Balaban J connectivity index is 3.51. The van der Waals surface area contributed by atoms with Crippen LogP contribution in [0.25, 0.3) is 0 Å². The Morgan fingerprint density at radius 3 is 0.658 bits per heavy atom. The van der Waals surface area contributed by atoms with Gasteiger partial charge in [-0.2, -0.15) is 0 Å². The summed E-state index contributed by atoms with van der Waals surface area (Å²) >= 11 is 0. The van der Waals surface area contributed by atoms with Crippen molar-refractivity contribution in [1.82, 2.24) is 5.32 Å². The molecule has 0 aliphatic rings. The molecule has 6 nitrogen and oxygen atoms in total. The molecule has 0 fully saturated rings. The van der Waals surface area contributed by atoms with E-state index in [2.05, 4.69) is 19.2 Å². The van der Waals surface area contributed by atoms with E-state index in [0.29, 0.717) is 12.8 Å². The van der Waals surface area contributed by atoms with Gasteiger partial charge in [-0.05, 0) is 12.8 Å². The number of carbonyl (C=O) groups is 1. The van der Waals surface area contributed by atoms with Gasteiger partial charge in [-0.1, -0.05) is 380 Å². The third-order valence-electron chi connectivity index (χ3n) is 16.6. The van der Waals surface area contributed by atoms with Crippen LogP contribution >= 0.6 is 0 Å². The zero-order valence-electron chi connectivity index (χ0n) is 49.9. The van der Waals surface area contributed by atoms with Crippen LogP contribution in [-0.2, 0) is 4.79 Å². The largest absolute Gasteiger partial charge is 0.394 e. The van der Waals surface area contributed by atoms with Gasteiger partial charge in [0.15, 0.2) is 0 Å². The highest BCUT2D eigenvalue weighted by Gasteiger charge is 2.28. The number of nitrogens with one attached hydrogen (secondary N) is 1. The minimum absolute atomic E-state index is 0.377. The Hall–Kier alpha value is -0.690. The number of rotatable bonds is 64. The summed E-state index contributed by atoms with van der Waals surface area (Å²) in [6.45, 7) is 4.12. The van der Waals surface area contributed by atoms with Crippen LogP contribution < -0.4 is 5.32 Å². The molecule has 438 valence electrons. The third-order valence-corrected chi connectivity index (χ3v) is 16.6. The monoisotopic (exact) mass is 1030 g/mol. The fraction of sp³-hybridized carbons (Fsp3) is 0.985. The van der Waals surface area contributed by atoms with Crippen LogP contribution in [0.5, 0.6) is 0 Å². The van der Waals surface area contributed by atoms with Gasteiger partial charge in [-0.15, -0.1) is 0 Å². The van der Waals surface area contributed by atoms with Crippen LogP contribution in [0.1, 0.15) is 393 Å².